The second-order valence-corrected chi connectivity index (χ2v) is 5.82. The van der Waals surface area contributed by atoms with Gasteiger partial charge >= 0.3 is 0 Å². The van der Waals surface area contributed by atoms with Crippen LogP contribution in [0.3, 0.4) is 0 Å². The number of nitrogens with zero attached hydrogens (tertiary/aromatic N) is 3. The van der Waals surface area contributed by atoms with E-state index < -0.39 is 0 Å². The van der Waals surface area contributed by atoms with Crippen molar-refractivity contribution >= 4 is 5.82 Å². The number of nitriles is 1. The van der Waals surface area contributed by atoms with Gasteiger partial charge in [-0.2, -0.15) is 10.2 Å². The zero-order valence-corrected chi connectivity index (χ0v) is 14.8. The smallest absolute Gasteiger partial charge is 0.221 e. The van der Waals surface area contributed by atoms with Gasteiger partial charge in [0.1, 0.15) is 23.4 Å². The van der Waals surface area contributed by atoms with Crippen molar-refractivity contribution in [3.05, 3.63) is 42.0 Å². The molecule has 0 bridgehead atoms. The number of ether oxygens (including phenoxy) is 3. The van der Waals surface area contributed by atoms with Crippen molar-refractivity contribution in [2.45, 2.75) is 0 Å². The molecule has 0 aliphatic carbocycles. The van der Waals surface area contributed by atoms with Crippen molar-refractivity contribution in [3.8, 4) is 23.4 Å². The number of morpholine rings is 1. The molecule has 1 fully saturated rings. The van der Waals surface area contributed by atoms with E-state index in [2.05, 4.69) is 21.3 Å². The van der Waals surface area contributed by atoms with Gasteiger partial charge in [0, 0.05) is 38.3 Å². The van der Waals surface area contributed by atoms with Gasteiger partial charge in [0.05, 0.1) is 25.9 Å². The third kappa shape index (κ3) is 4.85. The third-order valence-electron chi connectivity index (χ3n) is 4.08. The second kappa shape index (κ2) is 9.04. The maximum Gasteiger partial charge on any atom is 0.221 e. The standard InChI is InChI=1S/C19H22N4O3/c1-24-16-3-2-4-17(13-16)26-18-6-5-15(14-20)19(22-18)21-7-8-23-9-11-25-12-10-23/h2-6,13H,7-12H2,1H3,(H,21,22). The first-order valence-electron chi connectivity index (χ1n) is 8.55. The Morgan fingerprint density at radius 2 is 2.04 bits per heavy atom. The van der Waals surface area contributed by atoms with Gasteiger partial charge in [0.2, 0.25) is 5.88 Å². The normalized spacial score (nSPS) is 14.5. The van der Waals surface area contributed by atoms with E-state index in [1.807, 2.05) is 18.2 Å². The van der Waals surface area contributed by atoms with Crippen molar-refractivity contribution in [2.24, 2.45) is 0 Å². The summed E-state index contributed by atoms with van der Waals surface area (Å²) in [5.74, 6) is 2.29. The van der Waals surface area contributed by atoms with Crippen LogP contribution in [0.25, 0.3) is 0 Å². The lowest BCUT2D eigenvalue weighted by atomic mass is 10.2. The second-order valence-electron chi connectivity index (χ2n) is 5.82. The average Bonchev–Trinajstić information content (AvgIpc) is 2.69. The van der Waals surface area contributed by atoms with Crippen LogP contribution in [0.2, 0.25) is 0 Å². The zero-order chi connectivity index (χ0) is 18.2. The summed E-state index contributed by atoms with van der Waals surface area (Å²) < 4.78 is 16.3. The molecule has 1 aromatic carbocycles. The maximum atomic E-state index is 9.30. The average molecular weight is 354 g/mol. The molecule has 136 valence electrons. The van der Waals surface area contributed by atoms with Crippen molar-refractivity contribution in [1.29, 1.82) is 5.26 Å². The van der Waals surface area contributed by atoms with E-state index in [4.69, 9.17) is 14.2 Å². The predicted octanol–water partition coefficient (Wildman–Crippen LogP) is 2.50. The molecule has 0 atom stereocenters. The van der Waals surface area contributed by atoms with Gasteiger partial charge < -0.3 is 19.5 Å². The molecule has 2 heterocycles. The lowest BCUT2D eigenvalue weighted by Crippen LogP contribution is -2.39. The fraction of sp³-hybridized carbons (Fsp3) is 0.368. The topological polar surface area (TPSA) is 79.6 Å². The number of hydrogen-bond acceptors (Lipinski definition) is 7. The van der Waals surface area contributed by atoms with E-state index in [-0.39, 0.29) is 0 Å². The Balaban J connectivity index is 1.64. The number of hydrogen-bond donors (Lipinski definition) is 1. The Kier molecular flexibility index (Phi) is 6.25. The lowest BCUT2D eigenvalue weighted by Gasteiger charge is -2.26. The molecule has 0 spiro atoms. The number of methoxy groups -OCH3 is 1. The molecule has 1 aromatic heterocycles. The number of anilines is 1. The molecule has 2 aromatic rings. The van der Waals surface area contributed by atoms with Crippen LogP contribution in [0.5, 0.6) is 17.4 Å². The van der Waals surface area contributed by atoms with Gasteiger partial charge in [-0.25, -0.2) is 0 Å². The van der Waals surface area contributed by atoms with Crippen LogP contribution in [0.4, 0.5) is 5.82 Å². The van der Waals surface area contributed by atoms with Gasteiger partial charge in [-0.05, 0) is 18.2 Å². The first kappa shape index (κ1) is 18.0. The molecule has 0 radical (unpaired) electrons. The number of benzene rings is 1. The van der Waals surface area contributed by atoms with E-state index in [0.29, 0.717) is 35.3 Å². The van der Waals surface area contributed by atoms with Gasteiger partial charge in [-0.3, -0.25) is 4.90 Å². The van der Waals surface area contributed by atoms with Crippen molar-refractivity contribution in [1.82, 2.24) is 9.88 Å². The highest BCUT2D eigenvalue weighted by molar-refractivity contribution is 5.53. The van der Waals surface area contributed by atoms with Gasteiger partial charge in [0.15, 0.2) is 0 Å². The summed E-state index contributed by atoms with van der Waals surface area (Å²) in [7, 11) is 1.61. The Morgan fingerprint density at radius 3 is 2.81 bits per heavy atom. The van der Waals surface area contributed by atoms with E-state index in [1.165, 1.54) is 0 Å². The van der Waals surface area contributed by atoms with E-state index in [9.17, 15) is 5.26 Å². The molecule has 1 N–H and O–H groups in total. The number of nitrogens with one attached hydrogen (secondary N) is 1. The molecule has 1 aliphatic rings. The molecule has 26 heavy (non-hydrogen) atoms. The molecule has 0 amide bonds. The Morgan fingerprint density at radius 1 is 1.23 bits per heavy atom. The van der Waals surface area contributed by atoms with Crippen LogP contribution in [0, 0.1) is 11.3 Å². The summed E-state index contributed by atoms with van der Waals surface area (Å²) >= 11 is 0. The summed E-state index contributed by atoms with van der Waals surface area (Å²) in [6, 6.07) is 12.9. The maximum absolute atomic E-state index is 9.30. The van der Waals surface area contributed by atoms with Crippen molar-refractivity contribution in [2.75, 3.05) is 51.8 Å². The van der Waals surface area contributed by atoms with Gasteiger partial charge in [-0.1, -0.05) is 6.07 Å². The number of pyridine rings is 1. The Hall–Kier alpha value is -2.82. The molecule has 1 aliphatic heterocycles. The van der Waals surface area contributed by atoms with Crippen LogP contribution < -0.4 is 14.8 Å². The van der Waals surface area contributed by atoms with Gasteiger partial charge in [-0.15, -0.1) is 0 Å². The highest BCUT2D eigenvalue weighted by Crippen LogP contribution is 2.25. The quantitative estimate of drug-likeness (QED) is 0.818. The molecule has 0 unspecified atom stereocenters. The minimum Gasteiger partial charge on any atom is -0.497 e. The molecule has 0 saturated carbocycles. The summed E-state index contributed by atoms with van der Waals surface area (Å²) in [6.07, 6.45) is 0. The Labute approximate surface area is 153 Å². The van der Waals surface area contributed by atoms with Crippen LogP contribution in [-0.4, -0.2) is 56.4 Å². The highest BCUT2D eigenvalue weighted by atomic mass is 16.5. The van der Waals surface area contributed by atoms with Crippen LogP contribution >= 0.6 is 0 Å². The summed E-state index contributed by atoms with van der Waals surface area (Å²) in [4.78, 5) is 6.76. The molecule has 7 nitrogen and oxygen atoms in total. The summed E-state index contributed by atoms with van der Waals surface area (Å²) in [6.45, 7) is 4.97. The molecular formula is C19H22N4O3. The van der Waals surface area contributed by atoms with E-state index in [1.54, 1.807) is 25.3 Å². The van der Waals surface area contributed by atoms with E-state index in [0.717, 1.165) is 32.8 Å². The first-order valence-corrected chi connectivity index (χ1v) is 8.55. The van der Waals surface area contributed by atoms with Crippen LogP contribution in [-0.2, 0) is 4.74 Å². The fourth-order valence-corrected chi connectivity index (χ4v) is 2.67. The summed E-state index contributed by atoms with van der Waals surface area (Å²) in [5.41, 5.74) is 0.491. The molecule has 1 saturated heterocycles. The SMILES string of the molecule is COc1cccc(Oc2ccc(C#N)c(NCCN3CCOCC3)n2)c1. The lowest BCUT2D eigenvalue weighted by molar-refractivity contribution is 0.0398. The van der Waals surface area contributed by atoms with Crippen LogP contribution in [0.15, 0.2) is 36.4 Å². The largest absolute Gasteiger partial charge is 0.497 e. The molecule has 3 rings (SSSR count). The van der Waals surface area contributed by atoms with Crippen LogP contribution in [0.1, 0.15) is 5.56 Å². The molecule has 7 heteroatoms. The molecular weight excluding hydrogens is 332 g/mol. The van der Waals surface area contributed by atoms with Gasteiger partial charge in [0.25, 0.3) is 0 Å². The monoisotopic (exact) mass is 354 g/mol. The first-order chi connectivity index (χ1) is 12.8. The van der Waals surface area contributed by atoms with Crippen molar-refractivity contribution < 1.29 is 14.2 Å². The van der Waals surface area contributed by atoms with Crippen molar-refractivity contribution in [3.63, 3.8) is 0 Å². The number of rotatable bonds is 7. The van der Waals surface area contributed by atoms with E-state index >= 15 is 0 Å². The number of aromatic nitrogens is 1. The minimum absolute atomic E-state index is 0.422. The minimum atomic E-state index is 0.422. The fourth-order valence-electron chi connectivity index (χ4n) is 2.67. The predicted molar refractivity (Wildman–Crippen MR) is 97.8 cm³/mol. The Bertz CT molecular complexity index is 770. The highest BCUT2D eigenvalue weighted by Gasteiger charge is 2.11. The summed E-state index contributed by atoms with van der Waals surface area (Å²) in [5, 5.41) is 12.5. The third-order valence-corrected chi connectivity index (χ3v) is 4.08. The zero-order valence-electron chi connectivity index (χ0n) is 14.8.